The van der Waals surface area contributed by atoms with Crippen molar-refractivity contribution in [1.82, 2.24) is 5.32 Å². The van der Waals surface area contributed by atoms with Gasteiger partial charge in [0.25, 0.3) is 0 Å². The molecule has 1 aromatic carbocycles. The first-order valence-corrected chi connectivity index (χ1v) is 6.96. The number of hydrogen-bond donors (Lipinski definition) is 2. The number of anilines is 1. The number of rotatable bonds is 3. The maximum absolute atomic E-state index is 12.2. The number of halogens is 1. The van der Waals surface area contributed by atoms with E-state index in [1.807, 2.05) is 0 Å². The molecular weight excluding hydrogens is 264 g/mol. The molecule has 0 aliphatic carbocycles. The summed E-state index contributed by atoms with van der Waals surface area (Å²) >= 11 is 5.95. The molecule has 1 amide bonds. The molecule has 1 atom stereocenters. The number of amides is 1. The van der Waals surface area contributed by atoms with E-state index in [0.717, 1.165) is 25.8 Å². The number of benzene rings is 1. The molecule has 2 rings (SSSR count). The van der Waals surface area contributed by atoms with E-state index in [4.69, 9.17) is 16.3 Å². The van der Waals surface area contributed by atoms with Gasteiger partial charge in [-0.15, -0.1) is 0 Å². The highest BCUT2D eigenvalue weighted by Crippen LogP contribution is 2.28. The van der Waals surface area contributed by atoms with Gasteiger partial charge in [-0.2, -0.15) is 0 Å². The fraction of sp³-hybridized carbons (Fsp3) is 0.500. The van der Waals surface area contributed by atoms with Crippen molar-refractivity contribution in [1.29, 1.82) is 0 Å². The number of carbonyl (C=O) groups excluding carboxylic acids is 1. The second-order valence-electron chi connectivity index (χ2n) is 4.69. The van der Waals surface area contributed by atoms with Crippen molar-refractivity contribution in [3.63, 3.8) is 0 Å². The van der Waals surface area contributed by atoms with Crippen LogP contribution in [-0.2, 0) is 4.79 Å². The molecule has 0 aromatic heterocycles. The topological polar surface area (TPSA) is 50.4 Å². The van der Waals surface area contributed by atoms with Gasteiger partial charge in [-0.1, -0.05) is 24.4 Å². The number of hydrogen-bond acceptors (Lipinski definition) is 3. The van der Waals surface area contributed by atoms with Gasteiger partial charge >= 0.3 is 0 Å². The minimum Gasteiger partial charge on any atom is -0.495 e. The molecule has 1 heterocycles. The van der Waals surface area contributed by atoms with E-state index in [1.165, 1.54) is 6.42 Å². The zero-order valence-electron chi connectivity index (χ0n) is 11.0. The van der Waals surface area contributed by atoms with Gasteiger partial charge in [0.1, 0.15) is 5.75 Å². The summed E-state index contributed by atoms with van der Waals surface area (Å²) in [5, 5.41) is 6.73. The maximum Gasteiger partial charge on any atom is 0.241 e. The Morgan fingerprint density at radius 1 is 1.42 bits per heavy atom. The average Bonchev–Trinajstić information content (AvgIpc) is 2.68. The SMILES string of the molecule is COc1ccc(Cl)cc1NC(=O)C1CCCCCN1. The van der Waals surface area contributed by atoms with Gasteiger partial charge in [0.15, 0.2) is 0 Å². The fourth-order valence-corrected chi connectivity index (χ4v) is 2.42. The summed E-state index contributed by atoms with van der Waals surface area (Å²) in [6, 6.07) is 5.05. The van der Waals surface area contributed by atoms with E-state index in [1.54, 1.807) is 25.3 Å². The maximum atomic E-state index is 12.2. The molecule has 1 aliphatic rings. The lowest BCUT2D eigenvalue weighted by atomic mass is 10.1. The van der Waals surface area contributed by atoms with Crippen LogP contribution in [-0.4, -0.2) is 25.6 Å². The Morgan fingerprint density at radius 2 is 2.26 bits per heavy atom. The van der Waals surface area contributed by atoms with Gasteiger partial charge in [0.2, 0.25) is 5.91 Å². The van der Waals surface area contributed by atoms with Gasteiger partial charge in [0, 0.05) is 5.02 Å². The lowest BCUT2D eigenvalue weighted by Crippen LogP contribution is -2.39. The molecule has 5 heteroatoms. The number of ether oxygens (including phenoxy) is 1. The minimum absolute atomic E-state index is 0.0255. The standard InChI is InChI=1S/C14H19ClN2O2/c1-19-13-7-6-10(15)9-12(13)17-14(18)11-5-3-2-4-8-16-11/h6-7,9,11,16H,2-5,8H2,1H3,(H,17,18). The molecule has 0 spiro atoms. The predicted molar refractivity (Wildman–Crippen MR) is 76.9 cm³/mol. The Hall–Kier alpha value is -1.26. The molecule has 104 valence electrons. The van der Waals surface area contributed by atoms with Crippen molar-refractivity contribution in [2.45, 2.75) is 31.7 Å². The summed E-state index contributed by atoms with van der Waals surface area (Å²) in [5.74, 6) is 0.592. The molecule has 1 aliphatic heterocycles. The smallest absolute Gasteiger partial charge is 0.241 e. The molecule has 19 heavy (non-hydrogen) atoms. The van der Waals surface area contributed by atoms with Gasteiger partial charge < -0.3 is 15.4 Å². The van der Waals surface area contributed by atoms with Crippen LogP contribution in [0.25, 0.3) is 0 Å². The van der Waals surface area contributed by atoms with Crippen LogP contribution in [0.4, 0.5) is 5.69 Å². The fourth-order valence-electron chi connectivity index (χ4n) is 2.25. The normalized spacial score (nSPS) is 19.6. The van der Waals surface area contributed by atoms with Crippen LogP contribution in [0.5, 0.6) is 5.75 Å². The van der Waals surface area contributed by atoms with E-state index >= 15 is 0 Å². The predicted octanol–water partition coefficient (Wildman–Crippen LogP) is 2.82. The van der Waals surface area contributed by atoms with Crippen LogP contribution in [0.2, 0.25) is 5.02 Å². The lowest BCUT2D eigenvalue weighted by Gasteiger charge is -2.17. The third-order valence-corrected chi connectivity index (χ3v) is 3.53. The molecule has 1 aromatic rings. The molecule has 2 N–H and O–H groups in total. The first-order valence-electron chi connectivity index (χ1n) is 6.58. The highest BCUT2D eigenvalue weighted by atomic mass is 35.5. The van der Waals surface area contributed by atoms with Crippen molar-refractivity contribution < 1.29 is 9.53 Å². The third-order valence-electron chi connectivity index (χ3n) is 3.30. The second kappa shape index (κ2) is 6.78. The zero-order chi connectivity index (χ0) is 13.7. The highest BCUT2D eigenvalue weighted by molar-refractivity contribution is 6.31. The average molecular weight is 283 g/mol. The Morgan fingerprint density at radius 3 is 3.05 bits per heavy atom. The van der Waals surface area contributed by atoms with Crippen molar-refractivity contribution in [2.24, 2.45) is 0 Å². The molecule has 0 saturated carbocycles. The van der Waals surface area contributed by atoms with Gasteiger partial charge in [-0.25, -0.2) is 0 Å². The summed E-state index contributed by atoms with van der Waals surface area (Å²) in [7, 11) is 1.57. The van der Waals surface area contributed by atoms with Crippen LogP contribution in [0.3, 0.4) is 0 Å². The number of carbonyl (C=O) groups is 1. The quantitative estimate of drug-likeness (QED) is 0.896. The van der Waals surface area contributed by atoms with Gasteiger partial charge in [-0.05, 0) is 37.6 Å². The van der Waals surface area contributed by atoms with Crippen LogP contribution in [0, 0.1) is 0 Å². The Balaban J connectivity index is 2.07. The molecule has 0 bridgehead atoms. The largest absolute Gasteiger partial charge is 0.495 e. The summed E-state index contributed by atoms with van der Waals surface area (Å²) < 4.78 is 5.22. The van der Waals surface area contributed by atoms with E-state index in [0.29, 0.717) is 16.5 Å². The summed E-state index contributed by atoms with van der Waals surface area (Å²) in [4.78, 5) is 12.2. The third kappa shape index (κ3) is 3.85. The van der Waals surface area contributed by atoms with Crippen molar-refractivity contribution in [2.75, 3.05) is 19.0 Å². The van der Waals surface area contributed by atoms with E-state index < -0.39 is 0 Å². The first-order chi connectivity index (χ1) is 9.20. The molecule has 1 fully saturated rings. The van der Waals surface area contributed by atoms with Crippen molar-refractivity contribution in [3.8, 4) is 5.75 Å². The molecule has 1 unspecified atom stereocenters. The summed E-state index contributed by atoms with van der Waals surface area (Å²) in [6.07, 6.45) is 4.26. The zero-order valence-corrected chi connectivity index (χ0v) is 11.8. The lowest BCUT2D eigenvalue weighted by molar-refractivity contribution is -0.118. The molecule has 1 saturated heterocycles. The van der Waals surface area contributed by atoms with Gasteiger partial charge in [-0.3, -0.25) is 4.79 Å². The Kier molecular flexibility index (Phi) is 5.05. The van der Waals surface area contributed by atoms with E-state index in [2.05, 4.69) is 10.6 Å². The van der Waals surface area contributed by atoms with Crippen LogP contribution in [0.1, 0.15) is 25.7 Å². The van der Waals surface area contributed by atoms with E-state index in [9.17, 15) is 4.79 Å². The van der Waals surface area contributed by atoms with Crippen LogP contribution in [0.15, 0.2) is 18.2 Å². The first kappa shape index (κ1) is 14.2. The number of nitrogens with one attached hydrogen (secondary N) is 2. The molecule has 0 radical (unpaired) electrons. The second-order valence-corrected chi connectivity index (χ2v) is 5.13. The number of methoxy groups -OCH3 is 1. The Labute approximate surface area is 118 Å². The van der Waals surface area contributed by atoms with Crippen LogP contribution >= 0.6 is 11.6 Å². The summed E-state index contributed by atoms with van der Waals surface area (Å²) in [6.45, 7) is 0.894. The van der Waals surface area contributed by atoms with Crippen LogP contribution < -0.4 is 15.4 Å². The Bertz CT molecular complexity index is 443. The van der Waals surface area contributed by atoms with E-state index in [-0.39, 0.29) is 11.9 Å². The van der Waals surface area contributed by atoms with Crippen molar-refractivity contribution in [3.05, 3.63) is 23.2 Å². The highest BCUT2D eigenvalue weighted by Gasteiger charge is 2.20. The minimum atomic E-state index is -0.133. The summed E-state index contributed by atoms with van der Waals surface area (Å²) in [5.41, 5.74) is 0.617. The van der Waals surface area contributed by atoms with Crippen molar-refractivity contribution >= 4 is 23.2 Å². The molecule has 4 nitrogen and oxygen atoms in total. The monoisotopic (exact) mass is 282 g/mol. The van der Waals surface area contributed by atoms with Gasteiger partial charge in [0.05, 0.1) is 18.8 Å². The molecular formula is C14H19ClN2O2.